The lowest BCUT2D eigenvalue weighted by Gasteiger charge is -2.23. The van der Waals surface area contributed by atoms with Gasteiger partial charge in [-0.1, -0.05) is 13.3 Å². The van der Waals surface area contributed by atoms with Gasteiger partial charge in [0, 0.05) is 12.6 Å². The van der Waals surface area contributed by atoms with E-state index >= 15 is 0 Å². The summed E-state index contributed by atoms with van der Waals surface area (Å²) in [5.41, 5.74) is 0. The molecule has 0 aliphatic carbocycles. The molecule has 0 bridgehead atoms. The number of carbonyl (C=O) groups is 1. The molecule has 1 aliphatic heterocycles. The van der Waals surface area contributed by atoms with Crippen LogP contribution in [0.2, 0.25) is 0 Å². The van der Waals surface area contributed by atoms with Crippen LogP contribution in [-0.4, -0.2) is 37.6 Å². The van der Waals surface area contributed by atoms with Crippen LogP contribution in [0.5, 0.6) is 0 Å². The molecule has 15 heavy (non-hydrogen) atoms. The number of likely N-dealkylation sites (N-methyl/N-ethyl adjacent to an activating group) is 1. The van der Waals surface area contributed by atoms with Crippen molar-refractivity contribution in [1.82, 2.24) is 16.0 Å². The van der Waals surface area contributed by atoms with Gasteiger partial charge in [-0.3, -0.25) is 4.79 Å². The standard InChI is InChI=1S/C11H23N3O/c1-3-12-9(2)8-14-11(15)10-6-4-5-7-13-10/h9-10,12-13H,3-8H2,1-2H3,(H,14,15)/t9-,10+/m1/s1. The van der Waals surface area contributed by atoms with Crippen molar-refractivity contribution in [2.24, 2.45) is 0 Å². The fourth-order valence-electron chi connectivity index (χ4n) is 1.87. The quantitative estimate of drug-likeness (QED) is 0.613. The van der Waals surface area contributed by atoms with Crippen LogP contribution in [0.1, 0.15) is 33.1 Å². The first-order valence-electron chi connectivity index (χ1n) is 5.98. The fourth-order valence-corrected chi connectivity index (χ4v) is 1.87. The summed E-state index contributed by atoms with van der Waals surface area (Å²) >= 11 is 0. The third kappa shape index (κ3) is 4.62. The highest BCUT2D eigenvalue weighted by molar-refractivity contribution is 5.81. The Bertz CT molecular complexity index is 190. The van der Waals surface area contributed by atoms with Gasteiger partial charge in [0.15, 0.2) is 0 Å². The average molecular weight is 213 g/mol. The van der Waals surface area contributed by atoms with Gasteiger partial charge in [0.2, 0.25) is 5.91 Å². The first-order valence-corrected chi connectivity index (χ1v) is 5.98. The molecule has 1 rings (SSSR count). The molecule has 0 aromatic carbocycles. The van der Waals surface area contributed by atoms with Gasteiger partial charge in [0.25, 0.3) is 0 Å². The second-order valence-electron chi connectivity index (χ2n) is 4.21. The Hall–Kier alpha value is -0.610. The zero-order chi connectivity index (χ0) is 11.1. The van der Waals surface area contributed by atoms with Crippen molar-refractivity contribution in [3.8, 4) is 0 Å². The van der Waals surface area contributed by atoms with E-state index in [1.807, 2.05) is 0 Å². The Kier molecular flexibility index (Phi) is 5.65. The van der Waals surface area contributed by atoms with Gasteiger partial charge >= 0.3 is 0 Å². The Labute approximate surface area is 92.2 Å². The lowest BCUT2D eigenvalue weighted by Crippen LogP contribution is -2.49. The molecule has 0 unspecified atom stereocenters. The third-order valence-electron chi connectivity index (χ3n) is 2.76. The van der Waals surface area contributed by atoms with Crippen molar-refractivity contribution in [1.29, 1.82) is 0 Å². The van der Waals surface area contributed by atoms with E-state index in [0.29, 0.717) is 12.6 Å². The Balaban J connectivity index is 2.16. The minimum atomic E-state index is 0.0348. The Morgan fingerprint density at radius 2 is 2.33 bits per heavy atom. The van der Waals surface area contributed by atoms with E-state index in [1.54, 1.807) is 0 Å². The van der Waals surface area contributed by atoms with Crippen LogP contribution in [0.3, 0.4) is 0 Å². The first-order chi connectivity index (χ1) is 7.24. The lowest BCUT2D eigenvalue weighted by atomic mass is 10.0. The summed E-state index contributed by atoms with van der Waals surface area (Å²) in [6, 6.07) is 0.384. The molecule has 3 N–H and O–H groups in total. The lowest BCUT2D eigenvalue weighted by molar-refractivity contribution is -0.123. The molecule has 1 heterocycles. The van der Waals surface area contributed by atoms with Crippen molar-refractivity contribution in [3.05, 3.63) is 0 Å². The third-order valence-corrected chi connectivity index (χ3v) is 2.76. The minimum Gasteiger partial charge on any atom is -0.353 e. The van der Waals surface area contributed by atoms with Gasteiger partial charge in [0.05, 0.1) is 6.04 Å². The number of piperidine rings is 1. The molecule has 0 aromatic heterocycles. The smallest absolute Gasteiger partial charge is 0.237 e. The molecule has 1 aliphatic rings. The van der Waals surface area contributed by atoms with Gasteiger partial charge in [-0.15, -0.1) is 0 Å². The maximum absolute atomic E-state index is 11.7. The second kappa shape index (κ2) is 6.80. The van der Waals surface area contributed by atoms with Crippen LogP contribution < -0.4 is 16.0 Å². The maximum Gasteiger partial charge on any atom is 0.237 e. The molecular weight excluding hydrogens is 190 g/mol. The number of hydrogen-bond acceptors (Lipinski definition) is 3. The van der Waals surface area contributed by atoms with Crippen molar-refractivity contribution in [2.75, 3.05) is 19.6 Å². The normalized spacial score (nSPS) is 23.5. The predicted octanol–water partition coefficient (Wildman–Crippen LogP) is 0.243. The van der Waals surface area contributed by atoms with Gasteiger partial charge in [-0.25, -0.2) is 0 Å². The van der Waals surface area contributed by atoms with Crippen molar-refractivity contribution in [3.63, 3.8) is 0 Å². The molecule has 4 heteroatoms. The average Bonchev–Trinajstić information content (AvgIpc) is 2.27. The molecule has 4 nitrogen and oxygen atoms in total. The summed E-state index contributed by atoms with van der Waals surface area (Å²) in [4.78, 5) is 11.7. The molecule has 0 spiro atoms. The number of carbonyl (C=O) groups excluding carboxylic acids is 1. The molecule has 1 fully saturated rings. The van der Waals surface area contributed by atoms with Gasteiger partial charge in [0.1, 0.15) is 0 Å². The van der Waals surface area contributed by atoms with Crippen LogP contribution in [0.15, 0.2) is 0 Å². The summed E-state index contributed by atoms with van der Waals surface area (Å²) in [5, 5.41) is 9.48. The number of amides is 1. The SMILES string of the molecule is CCN[C@H](C)CNC(=O)[C@@H]1CCCCN1. The van der Waals surface area contributed by atoms with E-state index in [0.717, 1.165) is 25.9 Å². The number of nitrogens with one attached hydrogen (secondary N) is 3. The summed E-state index contributed by atoms with van der Waals surface area (Å²) in [5.74, 6) is 0.152. The fraction of sp³-hybridized carbons (Fsp3) is 0.909. The highest BCUT2D eigenvalue weighted by Crippen LogP contribution is 2.06. The monoisotopic (exact) mass is 213 g/mol. The topological polar surface area (TPSA) is 53.2 Å². The van der Waals surface area contributed by atoms with Gasteiger partial charge < -0.3 is 16.0 Å². The zero-order valence-corrected chi connectivity index (χ0v) is 9.81. The summed E-state index contributed by atoms with van der Waals surface area (Å²) in [7, 11) is 0. The molecule has 0 aromatic rings. The van der Waals surface area contributed by atoms with Gasteiger partial charge in [-0.2, -0.15) is 0 Å². The summed E-state index contributed by atoms with van der Waals surface area (Å²) in [6.07, 6.45) is 3.33. The number of hydrogen-bond donors (Lipinski definition) is 3. The Morgan fingerprint density at radius 3 is 2.93 bits per heavy atom. The Morgan fingerprint density at radius 1 is 1.53 bits per heavy atom. The van der Waals surface area contributed by atoms with Crippen molar-refractivity contribution in [2.45, 2.75) is 45.2 Å². The molecule has 1 saturated heterocycles. The molecule has 2 atom stereocenters. The van der Waals surface area contributed by atoms with Crippen molar-refractivity contribution < 1.29 is 4.79 Å². The molecule has 88 valence electrons. The highest BCUT2D eigenvalue weighted by atomic mass is 16.2. The van der Waals surface area contributed by atoms with E-state index in [9.17, 15) is 4.79 Å². The van der Waals surface area contributed by atoms with Crippen molar-refractivity contribution >= 4 is 5.91 Å². The van der Waals surface area contributed by atoms with Crippen LogP contribution in [0.25, 0.3) is 0 Å². The van der Waals surface area contributed by atoms with E-state index < -0.39 is 0 Å². The molecule has 0 radical (unpaired) electrons. The molecule has 0 saturated carbocycles. The van der Waals surface area contributed by atoms with E-state index in [-0.39, 0.29) is 11.9 Å². The van der Waals surface area contributed by atoms with Crippen LogP contribution >= 0.6 is 0 Å². The summed E-state index contributed by atoms with van der Waals surface area (Å²) < 4.78 is 0. The predicted molar refractivity (Wildman–Crippen MR) is 61.8 cm³/mol. The first kappa shape index (κ1) is 12.5. The highest BCUT2D eigenvalue weighted by Gasteiger charge is 2.20. The second-order valence-corrected chi connectivity index (χ2v) is 4.21. The maximum atomic E-state index is 11.7. The van der Waals surface area contributed by atoms with Crippen LogP contribution in [-0.2, 0) is 4.79 Å². The van der Waals surface area contributed by atoms with E-state index in [1.165, 1.54) is 6.42 Å². The van der Waals surface area contributed by atoms with Crippen LogP contribution in [0, 0.1) is 0 Å². The van der Waals surface area contributed by atoms with Gasteiger partial charge in [-0.05, 0) is 32.9 Å². The van der Waals surface area contributed by atoms with E-state index in [4.69, 9.17) is 0 Å². The number of rotatable bonds is 5. The van der Waals surface area contributed by atoms with E-state index in [2.05, 4.69) is 29.8 Å². The largest absolute Gasteiger partial charge is 0.353 e. The van der Waals surface area contributed by atoms with Crippen LogP contribution in [0.4, 0.5) is 0 Å². The zero-order valence-electron chi connectivity index (χ0n) is 9.81. The molecular formula is C11H23N3O. The summed E-state index contributed by atoms with van der Waals surface area (Å²) in [6.45, 7) is 6.78. The molecule has 1 amide bonds. The minimum absolute atomic E-state index is 0.0348.